The lowest BCUT2D eigenvalue weighted by Crippen LogP contribution is -2.59. The molecule has 0 aliphatic carbocycles. The van der Waals surface area contributed by atoms with Crippen LogP contribution in [0, 0.1) is 5.92 Å². The maximum atomic E-state index is 13.1. The van der Waals surface area contributed by atoms with E-state index < -0.39 is 12.0 Å². The summed E-state index contributed by atoms with van der Waals surface area (Å²) in [6, 6.07) is 23.8. The standard InChI is InChI=1S/C25H25NO4/c1-30-21-14-10-19(11-15-21)26-24(18-8-12-20(27)13-9-18)23(25(26)29)22(28)16-7-17-5-3-2-4-6-17/h2-6,8-15,22-24,27-28H,7,16H2,1H3. The number of carbonyl (C=O) groups is 1. The molecule has 5 nitrogen and oxygen atoms in total. The lowest BCUT2D eigenvalue weighted by molar-refractivity contribution is -0.136. The van der Waals surface area contributed by atoms with Gasteiger partial charge in [0.15, 0.2) is 0 Å². The number of aliphatic hydroxyl groups is 1. The normalized spacial score (nSPS) is 19.3. The van der Waals surface area contributed by atoms with Crippen LogP contribution in [0.5, 0.6) is 11.5 Å². The van der Waals surface area contributed by atoms with Crippen LogP contribution in [0.4, 0.5) is 5.69 Å². The second-order valence-corrected chi connectivity index (χ2v) is 7.56. The first-order valence-corrected chi connectivity index (χ1v) is 10.1. The van der Waals surface area contributed by atoms with Gasteiger partial charge in [0.2, 0.25) is 5.91 Å². The second kappa shape index (κ2) is 8.59. The Morgan fingerprint density at radius 3 is 2.27 bits per heavy atom. The van der Waals surface area contributed by atoms with E-state index in [0.29, 0.717) is 18.6 Å². The number of amides is 1. The molecule has 3 aromatic rings. The number of aliphatic hydroxyl groups excluding tert-OH is 1. The van der Waals surface area contributed by atoms with Gasteiger partial charge in [-0.1, -0.05) is 42.5 Å². The Bertz CT molecular complexity index is 986. The number of nitrogens with zero attached hydrogens (tertiary/aromatic N) is 1. The van der Waals surface area contributed by atoms with Gasteiger partial charge in [-0.15, -0.1) is 0 Å². The maximum absolute atomic E-state index is 13.1. The Labute approximate surface area is 176 Å². The average molecular weight is 403 g/mol. The molecule has 1 amide bonds. The summed E-state index contributed by atoms with van der Waals surface area (Å²) < 4.78 is 5.21. The van der Waals surface area contributed by atoms with Crippen molar-refractivity contribution in [1.29, 1.82) is 0 Å². The van der Waals surface area contributed by atoms with Crippen molar-refractivity contribution in [2.75, 3.05) is 12.0 Å². The van der Waals surface area contributed by atoms with E-state index in [0.717, 1.165) is 16.8 Å². The molecule has 30 heavy (non-hydrogen) atoms. The zero-order valence-corrected chi connectivity index (χ0v) is 16.8. The molecule has 3 atom stereocenters. The molecular formula is C25H25NO4. The first-order chi connectivity index (χ1) is 14.6. The minimum atomic E-state index is -0.758. The third-order valence-corrected chi connectivity index (χ3v) is 5.71. The predicted octanol–water partition coefficient (Wildman–Crippen LogP) is 4.10. The Morgan fingerprint density at radius 1 is 0.967 bits per heavy atom. The molecular weight excluding hydrogens is 378 g/mol. The van der Waals surface area contributed by atoms with Crippen LogP contribution in [-0.2, 0) is 11.2 Å². The third-order valence-electron chi connectivity index (χ3n) is 5.71. The van der Waals surface area contributed by atoms with Gasteiger partial charge in [-0.25, -0.2) is 0 Å². The fourth-order valence-corrected chi connectivity index (χ4v) is 4.08. The number of phenolic OH excluding ortho intramolecular Hbond substituents is 1. The quantitative estimate of drug-likeness (QED) is 0.583. The molecule has 0 aromatic heterocycles. The van der Waals surface area contributed by atoms with Crippen LogP contribution in [0.15, 0.2) is 78.9 Å². The van der Waals surface area contributed by atoms with Gasteiger partial charge in [0.05, 0.1) is 25.2 Å². The molecule has 1 heterocycles. The summed E-state index contributed by atoms with van der Waals surface area (Å²) in [6.07, 6.45) is 0.452. The summed E-state index contributed by atoms with van der Waals surface area (Å²) in [5, 5.41) is 20.6. The minimum Gasteiger partial charge on any atom is -0.508 e. The van der Waals surface area contributed by atoms with E-state index in [1.165, 1.54) is 0 Å². The van der Waals surface area contributed by atoms with Gasteiger partial charge in [0, 0.05) is 5.69 Å². The van der Waals surface area contributed by atoms with Crippen molar-refractivity contribution in [3.8, 4) is 11.5 Å². The number of rotatable bonds is 7. The molecule has 5 heteroatoms. The van der Waals surface area contributed by atoms with Crippen molar-refractivity contribution < 1.29 is 19.7 Å². The first-order valence-electron chi connectivity index (χ1n) is 10.1. The summed E-state index contributed by atoms with van der Waals surface area (Å²) in [6.45, 7) is 0. The molecule has 4 rings (SSSR count). The SMILES string of the molecule is COc1ccc(N2C(=O)C(C(O)CCc3ccccc3)C2c2ccc(O)cc2)cc1. The van der Waals surface area contributed by atoms with Gasteiger partial charge in [0.1, 0.15) is 11.5 Å². The van der Waals surface area contributed by atoms with Crippen LogP contribution in [0.3, 0.4) is 0 Å². The maximum Gasteiger partial charge on any atom is 0.235 e. The van der Waals surface area contributed by atoms with E-state index in [2.05, 4.69) is 0 Å². The fourth-order valence-electron chi connectivity index (χ4n) is 4.08. The smallest absolute Gasteiger partial charge is 0.235 e. The Balaban J connectivity index is 1.58. The van der Waals surface area contributed by atoms with Crippen LogP contribution < -0.4 is 9.64 Å². The van der Waals surface area contributed by atoms with Crippen molar-refractivity contribution in [1.82, 2.24) is 0 Å². The number of aromatic hydroxyl groups is 1. The molecule has 1 fully saturated rings. The van der Waals surface area contributed by atoms with Crippen LogP contribution in [0.1, 0.15) is 23.6 Å². The van der Waals surface area contributed by atoms with Crippen molar-refractivity contribution in [3.63, 3.8) is 0 Å². The number of ether oxygens (including phenoxy) is 1. The number of β-lactam (4-membered cyclic amide) rings is 1. The van der Waals surface area contributed by atoms with E-state index in [4.69, 9.17) is 4.74 Å². The molecule has 3 aromatic carbocycles. The van der Waals surface area contributed by atoms with Crippen LogP contribution >= 0.6 is 0 Å². The van der Waals surface area contributed by atoms with E-state index in [9.17, 15) is 15.0 Å². The van der Waals surface area contributed by atoms with Gasteiger partial charge in [-0.05, 0) is 60.4 Å². The Kier molecular flexibility index (Phi) is 5.72. The Hall–Kier alpha value is -3.31. The zero-order chi connectivity index (χ0) is 21.1. The summed E-state index contributed by atoms with van der Waals surface area (Å²) in [4.78, 5) is 14.8. The summed E-state index contributed by atoms with van der Waals surface area (Å²) in [5.74, 6) is 0.257. The highest BCUT2D eigenvalue weighted by Gasteiger charge is 2.52. The molecule has 1 saturated heterocycles. The molecule has 0 radical (unpaired) electrons. The lowest BCUT2D eigenvalue weighted by atomic mass is 9.76. The Morgan fingerprint density at radius 2 is 1.63 bits per heavy atom. The van der Waals surface area contributed by atoms with Crippen molar-refractivity contribution in [3.05, 3.63) is 90.0 Å². The average Bonchev–Trinajstić information content (AvgIpc) is 2.78. The number of phenols is 1. The number of methoxy groups -OCH3 is 1. The van der Waals surface area contributed by atoms with Gasteiger partial charge in [-0.2, -0.15) is 0 Å². The molecule has 0 spiro atoms. The number of anilines is 1. The monoisotopic (exact) mass is 403 g/mol. The molecule has 2 N–H and O–H groups in total. The number of hydrogen-bond acceptors (Lipinski definition) is 4. The predicted molar refractivity (Wildman–Crippen MR) is 116 cm³/mol. The van der Waals surface area contributed by atoms with Gasteiger partial charge < -0.3 is 19.8 Å². The number of carbonyl (C=O) groups excluding carboxylic acids is 1. The molecule has 0 saturated carbocycles. The van der Waals surface area contributed by atoms with Crippen LogP contribution in [-0.4, -0.2) is 29.3 Å². The van der Waals surface area contributed by atoms with Crippen LogP contribution in [0.25, 0.3) is 0 Å². The lowest BCUT2D eigenvalue weighted by Gasteiger charge is -2.49. The topological polar surface area (TPSA) is 70.0 Å². The third kappa shape index (κ3) is 3.89. The zero-order valence-electron chi connectivity index (χ0n) is 16.8. The summed E-state index contributed by atoms with van der Waals surface area (Å²) >= 11 is 0. The molecule has 1 aliphatic heterocycles. The highest BCUT2D eigenvalue weighted by molar-refractivity contribution is 6.03. The van der Waals surface area contributed by atoms with E-state index in [1.54, 1.807) is 36.3 Å². The van der Waals surface area contributed by atoms with Gasteiger partial charge in [0.25, 0.3) is 0 Å². The molecule has 154 valence electrons. The van der Waals surface area contributed by atoms with Crippen molar-refractivity contribution >= 4 is 11.6 Å². The molecule has 3 unspecified atom stereocenters. The molecule has 0 bridgehead atoms. The van der Waals surface area contributed by atoms with Crippen molar-refractivity contribution in [2.45, 2.75) is 25.0 Å². The van der Waals surface area contributed by atoms with E-state index in [-0.39, 0.29) is 17.7 Å². The van der Waals surface area contributed by atoms with Gasteiger partial charge >= 0.3 is 0 Å². The highest BCUT2D eigenvalue weighted by atomic mass is 16.5. The summed E-state index contributed by atoms with van der Waals surface area (Å²) in [5.41, 5.74) is 2.77. The number of hydrogen-bond donors (Lipinski definition) is 2. The molecule has 1 aliphatic rings. The van der Waals surface area contributed by atoms with Gasteiger partial charge in [-0.3, -0.25) is 4.79 Å². The number of benzene rings is 3. The van der Waals surface area contributed by atoms with E-state index in [1.807, 2.05) is 54.6 Å². The first kappa shape index (κ1) is 20.0. The van der Waals surface area contributed by atoms with Crippen LogP contribution in [0.2, 0.25) is 0 Å². The van der Waals surface area contributed by atoms with Crippen molar-refractivity contribution in [2.24, 2.45) is 5.92 Å². The minimum absolute atomic E-state index is 0.0983. The van der Waals surface area contributed by atoms with E-state index >= 15 is 0 Å². The highest BCUT2D eigenvalue weighted by Crippen LogP contribution is 2.46. The largest absolute Gasteiger partial charge is 0.508 e. The number of aryl methyl sites for hydroxylation is 1. The summed E-state index contributed by atoms with van der Waals surface area (Å²) in [7, 11) is 1.60. The second-order valence-electron chi connectivity index (χ2n) is 7.56. The fraction of sp³-hybridized carbons (Fsp3) is 0.240.